The van der Waals surface area contributed by atoms with E-state index in [1.807, 2.05) is 0 Å². The Morgan fingerprint density at radius 1 is 1.19 bits per heavy atom. The van der Waals surface area contributed by atoms with Crippen LogP contribution in [0.3, 0.4) is 0 Å². The van der Waals surface area contributed by atoms with Crippen LogP contribution < -0.4 is 10.6 Å². The van der Waals surface area contributed by atoms with Crippen molar-refractivity contribution in [3.8, 4) is 0 Å². The molecule has 0 amide bonds. The Morgan fingerprint density at radius 2 is 1.81 bits per heavy atom. The summed E-state index contributed by atoms with van der Waals surface area (Å²) in [6.07, 6.45) is 5.55. The molecule has 5 heteroatoms. The van der Waals surface area contributed by atoms with Gasteiger partial charge in [0.15, 0.2) is 5.11 Å². The molecule has 0 aromatic heterocycles. The van der Waals surface area contributed by atoms with Crippen LogP contribution in [0.1, 0.15) is 25.7 Å². The maximum Gasteiger partial charge on any atom is 0.166 e. The molecule has 1 rings (SSSR count). The number of nitrogens with one attached hydrogen (secondary N) is 2. The third kappa shape index (κ3) is 6.25. The predicted molar refractivity (Wildman–Crippen MR) is 68.7 cm³/mol. The summed E-state index contributed by atoms with van der Waals surface area (Å²) in [6.45, 7) is 2.91. The smallest absolute Gasteiger partial charge is 0.166 e. The standard InChI is InChI=1S/C11H22N2O2S/c1-14-8-6-12-11(16)13-7-9-15-10-4-2-3-5-10/h10H,2-9H2,1H3,(H2,12,13,16). The largest absolute Gasteiger partial charge is 0.383 e. The van der Waals surface area contributed by atoms with E-state index in [4.69, 9.17) is 21.7 Å². The van der Waals surface area contributed by atoms with Crippen LogP contribution in [0.15, 0.2) is 0 Å². The zero-order valence-electron chi connectivity index (χ0n) is 9.96. The van der Waals surface area contributed by atoms with Gasteiger partial charge in [-0.2, -0.15) is 0 Å². The van der Waals surface area contributed by atoms with Crippen molar-refractivity contribution in [1.29, 1.82) is 0 Å². The van der Waals surface area contributed by atoms with Gasteiger partial charge in [-0.25, -0.2) is 0 Å². The molecule has 0 aromatic carbocycles. The van der Waals surface area contributed by atoms with E-state index in [2.05, 4.69) is 10.6 Å². The van der Waals surface area contributed by atoms with E-state index in [1.54, 1.807) is 7.11 Å². The third-order valence-corrected chi connectivity index (χ3v) is 2.92. The van der Waals surface area contributed by atoms with Gasteiger partial charge in [0.1, 0.15) is 0 Å². The van der Waals surface area contributed by atoms with Crippen LogP contribution in [-0.2, 0) is 9.47 Å². The van der Waals surface area contributed by atoms with Gasteiger partial charge >= 0.3 is 0 Å². The fourth-order valence-corrected chi connectivity index (χ4v) is 1.98. The minimum atomic E-state index is 0.483. The third-order valence-electron chi connectivity index (χ3n) is 2.64. The highest BCUT2D eigenvalue weighted by Crippen LogP contribution is 2.20. The fourth-order valence-electron chi connectivity index (χ4n) is 1.77. The summed E-state index contributed by atoms with van der Waals surface area (Å²) < 4.78 is 10.6. The molecule has 0 atom stereocenters. The Bertz CT molecular complexity index is 196. The molecule has 1 saturated carbocycles. The van der Waals surface area contributed by atoms with Crippen LogP contribution in [0.5, 0.6) is 0 Å². The van der Waals surface area contributed by atoms with E-state index in [9.17, 15) is 0 Å². The molecule has 1 fully saturated rings. The van der Waals surface area contributed by atoms with E-state index in [1.165, 1.54) is 25.7 Å². The first-order valence-corrected chi connectivity index (χ1v) is 6.36. The molecule has 0 unspecified atom stereocenters. The molecule has 0 radical (unpaired) electrons. The molecule has 0 heterocycles. The number of ether oxygens (including phenoxy) is 2. The SMILES string of the molecule is COCCNC(=S)NCCOC1CCCC1. The first-order valence-electron chi connectivity index (χ1n) is 5.95. The van der Waals surface area contributed by atoms with Crippen molar-refractivity contribution in [1.82, 2.24) is 10.6 Å². The Kier molecular flexibility index (Phi) is 7.46. The monoisotopic (exact) mass is 246 g/mol. The number of methoxy groups -OCH3 is 1. The number of thiocarbonyl (C=S) groups is 1. The normalized spacial score (nSPS) is 16.3. The number of hydrogen-bond acceptors (Lipinski definition) is 3. The lowest BCUT2D eigenvalue weighted by atomic mass is 10.3. The average Bonchev–Trinajstić information content (AvgIpc) is 2.78. The second-order valence-electron chi connectivity index (χ2n) is 3.95. The van der Waals surface area contributed by atoms with Crippen molar-refractivity contribution in [2.24, 2.45) is 0 Å². The van der Waals surface area contributed by atoms with Crippen molar-refractivity contribution in [3.05, 3.63) is 0 Å². The van der Waals surface area contributed by atoms with Crippen LogP contribution >= 0.6 is 12.2 Å². The molecule has 0 bridgehead atoms. The van der Waals surface area contributed by atoms with Crippen molar-refractivity contribution in [2.45, 2.75) is 31.8 Å². The van der Waals surface area contributed by atoms with Gasteiger partial charge in [0.05, 0.1) is 19.3 Å². The zero-order valence-corrected chi connectivity index (χ0v) is 10.8. The number of hydrogen-bond donors (Lipinski definition) is 2. The van der Waals surface area contributed by atoms with E-state index in [-0.39, 0.29) is 0 Å². The maximum atomic E-state index is 5.70. The molecule has 0 aliphatic heterocycles. The maximum absolute atomic E-state index is 5.70. The molecular weight excluding hydrogens is 224 g/mol. The molecule has 94 valence electrons. The van der Waals surface area contributed by atoms with Crippen molar-refractivity contribution in [3.63, 3.8) is 0 Å². The molecule has 16 heavy (non-hydrogen) atoms. The molecule has 1 aliphatic carbocycles. The summed E-state index contributed by atoms with van der Waals surface area (Å²) >= 11 is 5.08. The highest BCUT2D eigenvalue weighted by molar-refractivity contribution is 7.80. The van der Waals surface area contributed by atoms with Gasteiger partial charge in [0.2, 0.25) is 0 Å². The van der Waals surface area contributed by atoms with Crippen LogP contribution in [0, 0.1) is 0 Å². The van der Waals surface area contributed by atoms with Gasteiger partial charge in [-0.1, -0.05) is 12.8 Å². The van der Waals surface area contributed by atoms with Crippen LogP contribution in [0.4, 0.5) is 0 Å². The molecule has 2 N–H and O–H groups in total. The molecular formula is C11H22N2O2S. The summed E-state index contributed by atoms with van der Waals surface area (Å²) in [5.41, 5.74) is 0. The van der Waals surface area contributed by atoms with Gasteiger partial charge in [0, 0.05) is 20.2 Å². The molecule has 1 aliphatic rings. The Balaban J connectivity index is 1.87. The van der Waals surface area contributed by atoms with E-state index < -0.39 is 0 Å². The second-order valence-corrected chi connectivity index (χ2v) is 4.36. The van der Waals surface area contributed by atoms with Crippen molar-refractivity contribution < 1.29 is 9.47 Å². The van der Waals surface area contributed by atoms with Gasteiger partial charge in [-0.05, 0) is 25.1 Å². The van der Waals surface area contributed by atoms with Crippen molar-refractivity contribution in [2.75, 3.05) is 33.4 Å². The summed E-state index contributed by atoms with van der Waals surface area (Å²) in [4.78, 5) is 0. The minimum Gasteiger partial charge on any atom is -0.383 e. The average molecular weight is 246 g/mol. The van der Waals surface area contributed by atoms with E-state index in [0.29, 0.717) is 17.8 Å². The lowest BCUT2D eigenvalue weighted by Gasteiger charge is -2.13. The van der Waals surface area contributed by atoms with Gasteiger partial charge in [0.25, 0.3) is 0 Å². The minimum absolute atomic E-state index is 0.483. The van der Waals surface area contributed by atoms with Gasteiger partial charge < -0.3 is 20.1 Å². The molecule has 0 aromatic rings. The fraction of sp³-hybridized carbons (Fsp3) is 0.909. The quantitative estimate of drug-likeness (QED) is 0.519. The Hall–Kier alpha value is -0.390. The van der Waals surface area contributed by atoms with Crippen molar-refractivity contribution >= 4 is 17.3 Å². The lowest BCUT2D eigenvalue weighted by Crippen LogP contribution is -2.38. The Labute approximate surface area is 103 Å². The topological polar surface area (TPSA) is 42.5 Å². The highest BCUT2D eigenvalue weighted by Gasteiger charge is 2.14. The zero-order chi connectivity index (χ0) is 11.6. The van der Waals surface area contributed by atoms with Crippen LogP contribution in [0.2, 0.25) is 0 Å². The number of rotatable bonds is 7. The van der Waals surface area contributed by atoms with E-state index in [0.717, 1.165) is 19.7 Å². The lowest BCUT2D eigenvalue weighted by molar-refractivity contribution is 0.0623. The predicted octanol–water partition coefficient (Wildman–Crippen LogP) is 1.06. The van der Waals surface area contributed by atoms with Crippen LogP contribution in [-0.4, -0.2) is 44.6 Å². The molecule has 4 nitrogen and oxygen atoms in total. The van der Waals surface area contributed by atoms with Gasteiger partial charge in [-0.3, -0.25) is 0 Å². The van der Waals surface area contributed by atoms with Gasteiger partial charge in [-0.15, -0.1) is 0 Å². The van der Waals surface area contributed by atoms with Crippen LogP contribution in [0.25, 0.3) is 0 Å². The second kappa shape index (κ2) is 8.73. The molecule has 0 spiro atoms. The highest BCUT2D eigenvalue weighted by atomic mass is 32.1. The first-order chi connectivity index (χ1) is 7.83. The summed E-state index contributed by atoms with van der Waals surface area (Å²) in [6, 6.07) is 0. The summed E-state index contributed by atoms with van der Waals surface area (Å²) in [5, 5.41) is 6.83. The first kappa shape index (κ1) is 13.7. The van der Waals surface area contributed by atoms with E-state index >= 15 is 0 Å². The Morgan fingerprint density at radius 3 is 2.44 bits per heavy atom. The summed E-state index contributed by atoms with van der Waals surface area (Å²) in [5.74, 6) is 0. The molecule has 0 saturated heterocycles. The summed E-state index contributed by atoms with van der Waals surface area (Å²) in [7, 11) is 1.67.